The number of carbonyl (C=O) groups excluding carboxylic acids is 1. The number of nitrogens with zero attached hydrogens (tertiary/aromatic N) is 2. The molecule has 128 valence electrons. The van der Waals surface area contributed by atoms with Gasteiger partial charge < -0.3 is 9.64 Å². The van der Waals surface area contributed by atoms with Crippen molar-refractivity contribution >= 4 is 27.5 Å². The minimum Gasteiger partial charge on any atom is -0.449 e. The zero-order chi connectivity index (χ0) is 16.7. The molecule has 23 heavy (non-hydrogen) atoms. The number of thiophene rings is 1. The van der Waals surface area contributed by atoms with Crippen LogP contribution in [0.4, 0.5) is 4.79 Å². The molecule has 0 aliphatic carbocycles. The van der Waals surface area contributed by atoms with E-state index in [1.807, 2.05) is 0 Å². The first kappa shape index (κ1) is 16.7. The van der Waals surface area contributed by atoms with Gasteiger partial charge in [-0.3, -0.25) is 0 Å². The highest BCUT2D eigenvalue weighted by atomic mass is 32.2. The molecule has 2 aliphatic heterocycles. The van der Waals surface area contributed by atoms with Gasteiger partial charge in [-0.1, -0.05) is 19.9 Å². The van der Waals surface area contributed by atoms with Crippen molar-refractivity contribution < 1.29 is 17.9 Å². The Labute approximate surface area is 141 Å². The SMILES string of the molecule is CC1(C)COC(=O)N(C2CCN(S(=O)(=O)c3cccs3)CC2)C1. The smallest absolute Gasteiger partial charge is 0.410 e. The maximum Gasteiger partial charge on any atom is 0.410 e. The Morgan fingerprint density at radius 2 is 2.00 bits per heavy atom. The summed E-state index contributed by atoms with van der Waals surface area (Å²) < 4.78 is 32.2. The van der Waals surface area contributed by atoms with E-state index in [1.54, 1.807) is 22.4 Å². The maximum atomic E-state index is 12.5. The fraction of sp³-hybridized carbons (Fsp3) is 0.667. The van der Waals surface area contributed by atoms with E-state index in [1.165, 1.54) is 15.6 Å². The summed E-state index contributed by atoms with van der Waals surface area (Å²) >= 11 is 1.24. The molecule has 2 aliphatic rings. The van der Waals surface area contributed by atoms with Crippen molar-refractivity contribution in [3.8, 4) is 0 Å². The number of carbonyl (C=O) groups is 1. The van der Waals surface area contributed by atoms with Crippen molar-refractivity contribution in [1.82, 2.24) is 9.21 Å². The Kier molecular flexibility index (Phi) is 4.41. The Hall–Kier alpha value is -1.12. The molecule has 2 fully saturated rings. The lowest BCUT2D eigenvalue weighted by Gasteiger charge is -2.43. The molecule has 0 N–H and O–H groups in total. The van der Waals surface area contributed by atoms with Crippen LogP contribution in [0.3, 0.4) is 0 Å². The van der Waals surface area contributed by atoms with Crippen LogP contribution in [0, 0.1) is 5.41 Å². The average Bonchev–Trinajstić information content (AvgIpc) is 3.05. The molecule has 0 spiro atoms. The average molecular weight is 358 g/mol. The molecule has 1 amide bonds. The molecular formula is C15H22N2O4S2. The molecule has 3 heterocycles. The van der Waals surface area contributed by atoms with Crippen LogP contribution in [0.25, 0.3) is 0 Å². The Bertz CT molecular complexity index is 662. The molecule has 8 heteroatoms. The van der Waals surface area contributed by atoms with Crippen LogP contribution in [-0.2, 0) is 14.8 Å². The molecule has 0 radical (unpaired) electrons. The summed E-state index contributed by atoms with van der Waals surface area (Å²) in [5.41, 5.74) is -0.0614. The van der Waals surface area contributed by atoms with Crippen LogP contribution in [0.5, 0.6) is 0 Å². The first-order valence-electron chi connectivity index (χ1n) is 7.77. The number of cyclic esters (lactones) is 1. The second-order valence-electron chi connectivity index (χ2n) is 6.91. The molecular weight excluding hydrogens is 336 g/mol. The molecule has 1 aromatic rings. The molecule has 2 saturated heterocycles. The van der Waals surface area contributed by atoms with Crippen molar-refractivity contribution in [3.63, 3.8) is 0 Å². The number of hydrogen-bond acceptors (Lipinski definition) is 5. The minimum atomic E-state index is -3.39. The minimum absolute atomic E-state index is 0.0526. The van der Waals surface area contributed by atoms with Crippen molar-refractivity contribution in [2.75, 3.05) is 26.2 Å². The number of hydrogen-bond donors (Lipinski definition) is 0. The summed E-state index contributed by atoms with van der Waals surface area (Å²) in [6.07, 6.45) is 1.02. The molecule has 6 nitrogen and oxygen atoms in total. The van der Waals surface area contributed by atoms with Gasteiger partial charge in [0.25, 0.3) is 10.0 Å². The van der Waals surface area contributed by atoms with Crippen molar-refractivity contribution in [1.29, 1.82) is 0 Å². The predicted octanol–water partition coefficient (Wildman–Crippen LogP) is 2.38. The largest absolute Gasteiger partial charge is 0.449 e. The normalized spacial score (nSPS) is 23.7. The lowest BCUT2D eigenvalue weighted by molar-refractivity contribution is -0.0129. The van der Waals surface area contributed by atoms with Crippen molar-refractivity contribution in [2.45, 2.75) is 36.9 Å². The van der Waals surface area contributed by atoms with Gasteiger partial charge in [-0.25, -0.2) is 13.2 Å². The van der Waals surface area contributed by atoms with Crippen LogP contribution in [0.1, 0.15) is 26.7 Å². The lowest BCUT2D eigenvalue weighted by Crippen LogP contribution is -2.55. The molecule has 0 aromatic carbocycles. The number of sulfonamides is 1. The van der Waals surface area contributed by atoms with Gasteiger partial charge in [-0.05, 0) is 24.3 Å². The standard InChI is InChI=1S/C15H22N2O4S2/c1-15(2)10-17(14(18)21-11-15)12-5-7-16(8-6-12)23(19,20)13-4-3-9-22-13/h3-4,9,12H,5-8,10-11H2,1-2H3. The van der Waals surface area contributed by atoms with Gasteiger partial charge in [0, 0.05) is 31.1 Å². The third-order valence-electron chi connectivity index (χ3n) is 4.37. The molecule has 0 saturated carbocycles. The number of ether oxygens (including phenoxy) is 1. The van der Waals surface area contributed by atoms with E-state index in [9.17, 15) is 13.2 Å². The quantitative estimate of drug-likeness (QED) is 0.832. The molecule has 0 bridgehead atoms. The predicted molar refractivity (Wildman–Crippen MR) is 87.9 cm³/mol. The number of piperidine rings is 1. The summed E-state index contributed by atoms with van der Waals surface area (Å²) in [4.78, 5) is 13.8. The monoisotopic (exact) mass is 358 g/mol. The Morgan fingerprint density at radius 3 is 2.61 bits per heavy atom. The maximum absolute atomic E-state index is 12.5. The van der Waals surface area contributed by atoms with E-state index in [0.717, 1.165) is 0 Å². The highest BCUT2D eigenvalue weighted by Gasteiger charge is 2.39. The number of rotatable bonds is 3. The lowest BCUT2D eigenvalue weighted by atomic mass is 9.91. The zero-order valence-electron chi connectivity index (χ0n) is 13.4. The van der Waals surface area contributed by atoms with Gasteiger partial charge in [0.2, 0.25) is 0 Å². The molecule has 0 unspecified atom stereocenters. The molecule has 3 rings (SSSR count). The van der Waals surface area contributed by atoms with Crippen molar-refractivity contribution in [3.05, 3.63) is 17.5 Å². The van der Waals surface area contributed by atoms with E-state index in [4.69, 9.17) is 4.74 Å². The summed E-state index contributed by atoms with van der Waals surface area (Å²) in [6.45, 7) is 6.12. The number of amides is 1. The van der Waals surface area contributed by atoms with Crippen LogP contribution >= 0.6 is 11.3 Å². The van der Waals surface area contributed by atoms with E-state index < -0.39 is 10.0 Å². The van der Waals surface area contributed by atoms with Gasteiger partial charge in [-0.15, -0.1) is 11.3 Å². The zero-order valence-corrected chi connectivity index (χ0v) is 15.0. The van der Waals surface area contributed by atoms with Gasteiger partial charge in [0.1, 0.15) is 4.21 Å². The first-order chi connectivity index (χ1) is 10.8. The highest BCUT2D eigenvalue weighted by Crippen LogP contribution is 2.30. The highest BCUT2D eigenvalue weighted by molar-refractivity contribution is 7.91. The topological polar surface area (TPSA) is 66.9 Å². The third kappa shape index (κ3) is 3.39. The van der Waals surface area contributed by atoms with Gasteiger partial charge in [0.15, 0.2) is 0 Å². The molecule has 0 atom stereocenters. The van der Waals surface area contributed by atoms with Gasteiger partial charge >= 0.3 is 6.09 Å². The summed E-state index contributed by atoms with van der Waals surface area (Å²) in [5, 5.41) is 1.77. The van der Waals surface area contributed by atoms with Crippen molar-refractivity contribution in [2.24, 2.45) is 5.41 Å². The van der Waals surface area contributed by atoms with Crippen LogP contribution < -0.4 is 0 Å². The Balaban J connectivity index is 1.66. The first-order valence-corrected chi connectivity index (χ1v) is 10.1. The van der Waals surface area contributed by atoms with Crippen LogP contribution in [0.15, 0.2) is 21.7 Å². The van der Waals surface area contributed by atoms with Gasteiger partial charge in [0.05, 0.1) is 6.61 Å². The second-order valence-corrected chi connectivity index (χ2v) is 10.0. The third-order valence-corrected chi connectivity index (χ3v) is 7.64. The molecule has 1 aromatic heterocycles. The van der Waals surface area contributed by atoms with E-state index in [2.05, 4.69) is 13.8 Å². The van der Waals surface area contributed by atoms with E-state index in [-0.39, 0.29) is 17.6 Å². The van der Waals surface area contributed by atoms with E-state index >= 15 is 0 Å². The fourth-order valence-electron chi connectivity index (χ4n) is 3.12. The van der Waals surface area contributed by atoms with Crippen LogP contribution in [0.2, 0.25) is 0 Å². The summed E-state index contributed by atoms with van der Waals surface area (Å²) in [6, 6.07) is 3.43. The second kappa shape index (κ2) is 6.07. The van der Waals surface area contributed by atoms with Crippen LogP contribution in [-0.4, -0.2) is 56.0 Å². The summed E-state index contributed by atoms with van der Waals surface area (Å²) in [7, 11) is -3.39. The van der Waals surface area contributed by atoms with E-state index in [0.29, 0.717) is 43.3 Å². The summed E-state index contributed by atoms with van der Waals surface area (Å²) in [5.74, 6) is 0. The van der Waals surface area contributed by atoms with Gasteiger partial charge in [-0.2, -0.15) is 4.31 Å². The Morgan fingerprint density at radius 1 is 1.30 bits per heavy atom. The fourth-order valence-corrected chi connectivity index (χ4v) is 5.74.